The largest absolute Gasteiger partial charge is 0.317 e. The van der Waals surface area contributed by atoms with Crippen LogP contribution in [0.2, 0.25) is 0 Å². The minimum absolute atomic E-state index is 0. The second kappa shape index (κ2) is 11.7. The minimum Gasteiger partial charge on any atom is -0.317 e. The third-order valence-electron chi connectivity index (χ3n) is 1.44. The van der Waals surface area contributed by atoms with Crippen LogP contribution in [0.25, 0.3) is 0 Å². The van der Waals surface area contributed by atoms with Gasteiger partial charge in [0.15, 0.2) is 0 Å². The van der Waals surface area contributed by atoms with Gasteiger partial charge in [0.2, 0.25) is 0 Å². The second-order valence-electron chi connectivity index (χ2n) is 2.32. The molecule has 0 aliphatic heterocycles. The third-order valence-corrected chi connectivity index (χ3v) is 1.44. The van der Waals surface area contributed by atoms with Crippen LogP contribution in [0.4, 0.5) is 0 Å². The van der Waals surface area contributed by atoms with Gasteiger partial charge < -0.3 is 5.32 Å². The Kier molecular flexibility index (Phi) is 19.3. The lowest BCUT2D eigenvalue weighted by atomic mass is 10.1. The number of rotatable bonds is 4. The molecular formula is C9H25N. The highest BCUT2D eigenvalue weighted by Gasteiger charge is 1.93. The molecule has 0 aromatic rings. The predicted molar refractivity (Wildman–Crippen MR) is 51.5 cm³/mol. The highest BCUT2D eigenvalue weighted by atomic mass is 14.8. The van der Waals surface area contributed by atoms with E-state index in [1.165, 1.54) is 13.0 Å². The van der Waals surface area contributed by atoms with E-state index < -0.39 is 0 Å². The predicted octanol–water partition coefficient (Wildman–Crippen LogP) is 2.91. The summed E-state index contributed by atoms with van der Waals surface area (Å²) in [6, 6.07) is 0. The molecular weight excluding hydrogens is 122 g/mol. The second-order valence-corrected chi connectivity index (χ2v) is 2.32. The molecule has 0 saturated heterocycles. The molecule has 0 heterocycles. The average Bonchev–Trinajstić information content (AvgIpc) is 1.83. The molecule has 0 amide bonds. The fourth-order valence-electron chi connectivity index (χ4n) is 0.535. The van der Waals surface area contributed by atoms with E-state index in [9.17, 15) is 0 Å². The Morgan fingerprint density at radius 2 is 1.70 bits per heavy atom. The molecule has 1 heteroatoms. The van der Waals surface area contributed by atoms with Crippen molar-refractivity contribution in [3.05, 3.63) is 0 Å². The van der Waals surface area contributed by atoms with Gasteiger partial charge in [-0.05, 0) is 19.0 Å². The van der Waals surface area contributed by atoms with Gasteiger partial charge in [0.1, 0.15) is 0 Å². The summed E-state index contributed by atoms with van der Waals surface area (Å²) in [6.07, 6.45) is 1.28. The van der Waals surface area contributed by atoms with E-state index in [0.29, 0.717) is 0 Å². The minimum atomic E-state index is 0. The number of nitrogens with one attached hydrogen (secondary N) is 1. The van der Waals surface area contributed by atoms with Crippen molar-refractivity contribution in [3.8, 4) is 0 Å². The summed E-state index contributed by atoms with van der Waals surface area (Å²) in [5.74, 6) is 0.843. The van der Waals surface area contributed by atoms with E-state index in [-0.39, 0.29) is 14.9 Å². The standard InChI is InChI=1S/C7H17N.2CH4/c1-4-7(3)6-8-5-2;;/h7-8H,4-6H2,1-3H3;2*1H4. The van der Waals surface area contributed by atoms with Gasteiger partial charge in [-0.2, -0.15) is 0 Å². The number of hydrogen-bond donors (Lipinski definition) is 1. The SMILES string of the molecule is C.C.CCNCC(C)CC. The Hall–Kier alpha value is -0.0400. The molecule has 1 nitrogen and oxygen atoms in total. The molecule has 10 heavy (non-hydrogen) atoms. The van der Waals surface area contributed by atoms with E-state index in [0.717, 1.165) is 12.5 Å². The van der Waals surface area contributed by atoms with Crippen molar-refractivity contribution in [2.24, 2.45) is 5.92 Å². The molecule has 0 aromatic heterocycles. The van der Waals surface area contributed by atoms with Gasteiger partial charge in [-0.25, -0.2) is 0 Å². The van der Waals surface area contributed by atoms with Crippen molar-refractivity contribution < 1.29 is 0 Å². The maximum Gasteiger partial charge on any atom is -0.00234 e. The van der Waals surface area contributed by atoms with Crippen LogP contribution < -0.4 is 5.32 Å². The molecule has 0 aromatic carbocycles. The molecule has 0 saturated carbocycles. The molecule has 0 bridgehead atoms. The van der Waals surface area contributed by atoms with Gasteiger partial charge in [-0.1, -0.05) is 42.0 Å². The quantitative estimate of drug-likeness (QED) is 0.644. The Morgan fingerprint density at radius 1 is 1.20 bits per heavy atom. The number of hydrogen-bond acceptors (Lipinski definition) is 1. The first-order chi connectivity index (χ1) is 3.81. The van der Waals surface area contributed by atoms with Crippen LogP contribution in [0.5, 0.6) is 0 Å². The Labute approximate surface area is 67.2 Å². The van der Waals surface area contributed by atoms with Crippen LogP contribution in [0.3, 0.4) is 0 Å². The summed E-state index contributed by atoms with van der Waals surface area (Å²) in [5.41, 5.74) is 0. The van der Waals surface area contributed by atoms with Crippen LogP contribution in [0, 0.1) is 5.92 Å². The Balaban J connectivity index is -0.000000245. The summed E-state index contributed by atoms with van der Waals surface area (Å²) in [5, 5.41) is 3.30. The van der Waals surface area contributed by atoms with Gasteiger partial charge in [0.25, 0.3) is 0 Å². The van der Waals surface area contributed by atoms with Crippen LogP contribution >= 0.6 is 0 Å². The lowest BCUT2D eigenvalue weighted by molar-refractivity contribution is 0.510. The van der Waals surface area contributed by atoms with E-state index in [1.54, 1.807) is 0 Å². The summed E-state index contributed by atoms with van der Waals surface area (Å²) in [4.78, 5) is 0. The monoisotopic (exact) mass is 147 g/mol. The van der Waals surface area contributed by atoms with E-state index in [4.69, 9.17) is 0 Å². The molecule has 1 N–H and O–H groups in total. The normalized spacial score (nSPS) is 11.1. The smallest absolute Gasteiger partial charge is 0.00234 e. The maximum absolute atomic E-state index is 3.30. The molecule has 66 valence electrons. The molecule has 0 aliphatic rings. The van der Waals surface area contributed by atoms with Crippen LogP contribution in [0.15, 0.2) is 0 Å². The summed E-state index contributed by atoms with van der Waals surface area (Å²) in [6.45, 7) is 8.91. The van der Waals surface area contributed by atoms with Crippen molar-refractivity contribution in [2.75, 3.05) is 13.1 Å². The lowest BCUT2D eigenvalue weighted by Gasteiger charge is -2.06. The molecule has 0 radical (unpaired) electrons. The van der Waals surface area contributed by atoms with Gasteiger partial charge in [-0.3, -0.25) is 0 Å². The first kappa shape index (κ1) is 16.5. The van der Waals surface area contributed by atoms with Crippen LogP contribution in [-0.2, 0) is 0 Å². The van der Waals surface area contributed by atoms with Crippen molar-refractivity contribution >= 4 is 0 Å². The molecule has 0 fully saturated rings. The molecule has 0 rings (SSSR count). The molecule has 0 aliphatic carbocycles. The van der Waals surface area contributed by atoms with Gasteiger partial charge in [-0.15, -0.1) is 0 Å². The van der Waals surface area contributed by atoms with Gasteiger partial charge in [0.05, 0.1) is 0 Å². The lowest BCUT2D eigenvalue weighted by Crippen LogP contribution is -2.19. The molecule has 0 spiro atoms. The van der Waals surface area contributed by atoms with Crippen molar-refractivity contribution in [2.45, 2.75) is 42.0 Å². The fraction of sp³-hybridized carbons (Fsp3) is 1.00. The molecule has 1 atom stereocenters. The van der Waals surface area contributed by atoms with E-state index in [1.807, 2.05) is 0 Å². The van der Waals surface area contributed by atoms with E-state index in [2.05, 4.69) is 26.1 Å². The summed E-state index contributed by atoms with van der Waals surface area (Å²) < 4.78 is 0. The summed E-state index contributed by atoms with van der Waals surface area (Å²) in [7, 11) is 0. The fourth-order valence-corrected chi connectivity index (χ4v) is 0.535. The Morgan fingerprint density at radius 3 is 2.00 bits per heavy atom. The average molecular weight is 147 g/mol. The van der Waals surface area contributed by atoms with Crippen molar-refractivity contribution in [3.63, 3.8) is 0 Å². The van der Waals surface area contributed by atoms with Crippen LogP contribution in [-0.4, -0.2) is 13.1 Å². The first-order valence-electron chi connectivity index (χ1n) is 3.52. The van der Waals surface area contributed by atoms with Crippen molar-refractivity contribution in [1.29, 1.82) is 0 Å². The van der Waals surface area contributed by atoms with E-state index >= 15 is 0 Å². The van der Waals surface area contributed by atoms with Gasteiger partial charge >= 0.3 is 0 Å². The topological polar surface area (TPSA) is 12.0 Å². The van der Waals surface area contributed by atoms with Crippen LogP contribution in [0.1, 0.15) is 42.0 Å². The molecule has 1 unspecified atom stereocenters. The highest BCUT2D eigenvalue weighted by molar-refractivity contribution is 4.51. The van der Waals surface area contributed by atoms with Gasteiger partial charge in [0, 0.05) is 0 Å². The zero-order valence-corrected chi connectivity index (χ0v) is 6.20. The zero-order valence-electron chi connectivity index (χ0n) is 6.20. The third kappa shape index (κ3) is 10.9. The maximum atomic E-state index is 3.30. The summed E-state index contributed by atoms with van der Waals surface area (Å²) >= 11 is 0. The zero-order chi connectivity index (χ0) is 6.41. The van der Waals surface area contributed by atoms with Crippen molar-refractivity contribution in [1.82, 2.24) is 5.32 Å². The highest BCUT2D eigenvalue weighted by Crippen LogP contribution is 1.95. The first-order valence-corrected chi connectivity index (χ1v) is 3.52. The Bertz CT molecular complexity index is 44.0.